The highest BCUT2D eigenvalue weighted by Gasteiger charge is 2.06. The number of hydrogen-bond acceptors (Lipinski definition) is 4. The van der Waals surface area contributed by atoms with Crippen LogP contribution < -0.4 is 20.5 Å². The largest absolute Gasteiger partial charge is 0.497 e. The van der Waals surface area contributed by atoms with Crippen molar-refractivity contribution in [3.8, 4) is 11.5 Å². The Morgan fingerprint density at radius 1 is 1.17 bits per heavy atom. The summed E-state index contributed by atoms with van der Waals surface area (Å²) in [4.78, 5) is 6.78. The summed E-state index contributed by atoms with van der Waals surface area (Å²) in [6.45, 7) is 8.39. The number of guanidine groups is 1. The van der Waals surface area contributed by atoms with Crippen LogP contribution in [0.5, 0.6) is 11.5 Å². The number of nitrogens with two attached hydrogens (primary N) is 1. The van der Waals surface area contributed by atoms with Gasteiger partial charge in [-0.3, -0.25) is 4.99 Å². The molecule has 3 N–H and O–H groups in total. The van der Waals surface area contributed by atoms with Crippen molar-refractivity contribution in [2.24, 2.45) is 10.7 Å². The predicted molar refractivity (Wildman–Crippen MR) is 96.7 cm³/mol. The number of unbranched alkanes of at least 4 members (excludes halogenated alkanes) is 1. The van der Waals surface area contributed by atoms with Gasteiger partial charge in [-0.1, -0.05) is 13.8 Å². The Labute approximate surface area is 139 Å². The highest BCUT2D eigenvalue weighted by Crippen LogP contribution is 2.28. The number of anilines is 1. The number of nitrogens with one attached hydrogen (secondary N) is 1. The summed E-state index contributed by atoms with van der Waals surface area (Å²) >= 11 is 0. The molecule has 0 aliphatic heterocycles. The van der Waals surface area contributed by atoms with Gasteiger partial charge in [0.25, 0.3) is 0 Å². The molecule has 0 spiro atoms. The maximum atomic E-state index is 5.95. The fourth-order valence-corrected chi connectivity index (χ4v) is 2.28. The molecule has 0 radical (unpaired) electrons. The van der Waals surface area contributed by atoms with Gasteiger partial charge < -0.3 is 25.4 Å². The van der Waals surface area contributed by atoms with E-state index in [0.717, 1.165) is 43.9 Å². The van der Waals surface area contributed by atoms with Gasteiger partial charge in [-0.25, -0.2) is 0 Å². The maximum absolute atomic E-state index is 5.95. The Bertz CT molecular complexity index is 487. The summed E-state index contributed by atoms with van der Waals surface area (Å²) < 4.78 is 10.5. The quantitative estimate of drug-likeness (QED) is 0.393. The average molecular weight is 322 g/mol. The zero-order valence-electron chi connectivity index (χ0n) is 14.8. The second-order valence-electron chi connectivity index (χ2n) is 5.19. The van der Waals surface area contributed by atoms with Crippen molar-refractivity contribution in [1.29, 1.82) is 0 Å². The van der Waals surface area contributed by atoms with E-state index in [1.165, 1.54) is 0 Å². The van der Waals surface area contributed by atoms with Crippen molar-refractivity contribution in [3.05, 3.63) is 18.2 Å². The van der Waals surface area contributed by atoms with Gasteiger partial charge in [0.1, 0.15) is 11.5 Å². The van der Waals surface area contributed by atoms with Crippen molar-refractivity contribution in [2.45, 2.75) is 26.7 Å². The Morgan fingerprint density at radius 3 is 2.52 bits per heavy atom. The molecule has 0 fully saturated rings. The fourth-order valence-electron chi connectivity index (χ4n) is 2.28. The molecule has 0 heterocycles. The van der Waals surface area contributed by atoms with Crippen molar-refractivity contribution >= 4 is 11.6 Å². The van der Waals surface area contributed by atoms with E-state index < -0.39 is 0 Å². The molecule has 0 saturated heterocycles. The molecule has 6 nitrogen and oxygen atoms in total. The Morgan fingerprint density at radius 2 is 1.91 bits per heavy atom. The highest BCUT2D eigenvalue weighted by atomic mass is 16.5. The molecule has 1 aromatic rings. The minimum Gasteiger partial charge on any atom is -0.497 e. The first-order valence-corrected chi connectivity index (χ1v) is 8.15. The molecule has 0 bridgehead atoms. The van der Waals surface area contributed by atoms with E-state index >= 15 is 0 Å². The third-order valence-electron chi connectivity index (χ3n) is 3.73. The van der Waals surface area contributed by atoms with Crippen LogP contribution in [0, 0.1) is 0 Å². The first-order chi connectivity index (χ1) is 11.1. The van der Waals surface area contributed by atoms with Crippen molar-refractivity contribution < 1.29 is 9.47 Å². The zero-order chi connectivity index (χ0) is 17.1. The second kappa shape index (κ2) is 10.7. The van der Waals surface area contributed by atoms with Crippen molar-refractivity contribution in [3.63, 3.8) is 0 Å². The zero-order valence-corrected chi connectivity index (χ0v) is 14.8. The molecule has 0 aromatic heterocycles. The van der Waals surface area contributed by atoms with E-state index in [0.29, 0.717) is 18.3 Å². The summed E-state index contributed by atoms with van der Waals surface area (Å²) in [5.74, 6) is 1.82. The van der Waals surface area contributed by atoms with Gasteiger partial charge in [-0.2, -0.15) is 0 Å². The van der Waals surface area contributed by atoms with Crippen molar-refractivity contribution in [1.82, 2.24) is 4.90 Å². The minimum atomic E-state index is 0.388. The molecule has 0 atom stereocenters. The average Bonchev–Trinajstić information content (AvgIpc) is 2.58. The molecule has 0 aliphatic rings. The predicted octanol–water partition coefficient (Wildman–Crippen LogP) is 2.55. The lowest BCUT2D eigenvalue weighted by Gasteiger charge is -2.17. The topological polar surface area (TPSA) is 72.1 Å². The summed E-state index contributed by atoms with van der Waals surface area (Å²) in [7, 11) is 3.24. The lowest BCUT2D eigenvalue weighted by Crippen LogP contribution is -2.24. The molecule has 0 aliphatic carbocycles. The summed E-state index contributed by atoms with van der Waals surface area (Å²) in [6, 6.07) is 5.50. The molecule has 1 aromatic carbocycles. The molecular formula is C17H30N4O2. The van der Waals surface area contributed by atoms with Crippen LogP contribution in [0.4, 0.5) is 5.69 Å². The van der Waals surface area contributed by atoms with E-state index in [1.807, 2.05) is 18.2 Å². The van der Waals surface area contributed by atoms with Crippen molar-refractivity contribution in [2.75, 3.05) is 45.7 Å². The molecule has 23 heavy (non-hydrogen) atoms. The third kappa shape index (κ3) is 6.78. The van der Waals surface area contributed by atoms with Crippen LogP contribution in [0.1, 0.15) is 26.7 Å². The maximum Gasteiger partial charge on any atom is 0.193 e. The van der Waals surface area contributed by atoms with E-state index in [2.05, 4.69) is 29.1 Å². The standard InChI is InChI=1S/C17H30N4O2/c1-5-21(6-2)12-8-7-11-19-17(18)20-15-13-14(22-3)9-10-16(15)23-4/h9-10,13H,5-8,11-12H2,1-4H3,(H3,18,19,20). The number of ether oxygens (including phenoxy) is 2. The number of hydrogen-bond donors (Lipinski definition) is 2. The van der Waals surface area contributed by atoms with E-state index in [1.54, 1.807) is 14.2 Å². The number of methoxy groups -OCH3 is 2. The Kier molecular flexibility index (Phi) is 8.90. The van der Waals surface area contributed by atoms with Crippen LogP contribution in [0.15, 0.2) is 23.2 Å². The summed E-state index contributed by atoms with van der Waals surface area (Å²) in [5.41, 5.74) is 6.69. The van der Waals surface area contributed by atoms with Gasteiger partial charge in [-0.05, 0) is 44.6 Å². The van der Waals surface area contributed by atoms with Gasteiger partial charge >= 0.3 is 0 Å². The molecule has 0 saturated carbocycles. The van der Waals surface area contributed by atoms with E-state index in [4.69, 9.17) is 15.2 Å². The van der Waals surface area contributed by atoms with Crippen LogP contribution in [-0.4, -0.2) is 51.3 Å². The lowest BCUT2D eigenvalue weighted by atomic mass is 10.2. The number of aliphatic imine (C=N–C) groups is 1. The van der Waals surface area contributed by atoms with Crippen LogP contribution in [0.2, 0.25) is 0 Å². The lowest BCUT2D eigenvalue weighted by molar-refractivity contribution is 0.298. The van der Waals surface area contributed by atoms with E-state index in [-0.39, 0.29) is 0 Å². The molecule has 130 valence electrons. The highest BCUT2D eigenvalue weighted by molar-refractivity contribution is 5.93. The number of rotatable bonds is 10. The van der Waals surface area contributed by atoms with Gasteiger partial charge in [-0.15, -0.1) is 0 Å². The van der Waals surface area contributed by atoms with Crippen LogP contribution in [0.25, 0.3) is 0 Å². The minimum absolute atomic E-state index is 0.388. The molecule has 0 amide bonds. The van der Waals surface area contributed by atoms with Crippen LogP contribution in [-0.2, 0) is 0 Å². The van der Waals surface area contributed by atoms with Gasteiger partial charge in [0, 0.05) is 12.6 Å². The Balaban J connectivity index is 2.47. The Hall–Kier alpha value is -1.95. The smallest absolute Gasteiger partial charge is 0.193 e. The normalized spacial score (nSPS) is 11.6. The first-order valence-electron chi connectivity index (χ1n) is 8.15. The number of benzene rings is 1. The summed E-state index contributed by atoms with van der Waals surface area (Å²) in [6.07, 6.45) is 2.15. The SMILES string of the molecule is CCN(CC)CCCCN=C(N)Nc1cc(OC)ccc1OC. The molecule has 0 unspecified atom stereocenters. The van der Waals surface area contributed by atoms with Crippen LogP contribution >= 0.6 is 0 Å². The second-order valence-corrected chi connectivity index (χ2v) is 5.19. The third-order valence-corrected chi connectivity index (χ3v) is 3.73. The van der Waals surface area contributed by atoms with E-state index in [9.17, 15) is 0 Å². The molecule has 1 rings (SSSR count). The van der Waals surface area contributed by atoms with Gasteiger partial charge in [0.15, 0.2) is 5.96 Å². The van der Waals surface area contributed by atoms with Gasteiger partial charge in [0.05, 0.1) is 19.9 Å². The number of nitrogens with zero attached hydrogens (tertiary/aromatic N) is 2. The van der Waals surface area contributed by atoms with Gasteiger partial charge in [0.2, 0.25) is 0 Å². The molecular weight excluding hydrogens is 292 g/mol. The first kappa shape index (κ1) is 19.1. The monoisotopic (exact) mass is 322 g/mol. The van der Waals surface area contributed by atoms with Crippen LogP contribution in [0.3, 0.4) is 0 Å². The summed E-state index contributed by atoms with van der Waals surface area (Å²) in [5, 5.41) is 3.07. The molecule has 6 heteroatoms. The fraction of sp³-hybridized carbons (Fsp3) is 0.588.